The normalized spacial score (nSPS) is 12.5. The van der Waals surface area contributed by atoms with Gasteiger partial charge in [0.15, 0.2) is 0 Å². The molecule has 0 saturated carbocycles. The van der Waals surface area contributed by atoms with E-state index in [1.807, 2.05) is 0 Å². The van der Waals surface area contributed by atoms with Gasteiger partial charge in [-0.15, -0.1) is 0 Å². The van der Waals surface area contributed by atoms with E-state index in [1.165, 1.54) is 18.9 Å². The van der Waals surface area contributed by atoms with E-state index in [0.29, 0.717) is 28.6 Å². The van der Waals surface area contributed by atoms with Gasteiger partial charge in [-0.25, -0.2) is 4.79 Å². The Labute approximate surface area is 104 Å². The second-order valence-corrected chi connectivity index (χ2v) is 4.56. The first-order valence-electron chi connectivity index (χ1n) is 5.12. The molecule has 0 amide bonds. The minimum absolute atomic E-state index is 0.252. The van der Waals surface area contributed by atoms with E-state index in [0.717, 1.165) is 0 Å². The van der Waals surface area contributed by atoms with E-state index in [9.17, 15) is 4.79 Å². The Morgan fingerprint density at radius 3 is 2.94 bits per heavy atom. The van der Waals surface area contributed by atoms with Crippen LogP contribution in [-0.4, -0.2) is 41.8 Å². The Bertz CT molecular complexity index is 374. The summed E-state index contributed by atoms with van der Waals surface area (Å²) >= 11 is 1.42. The molecule has 1 heterocycles. The smallest absolute Gasteiger partial charge is 0.341 e. The summed E-state index contributed by atoms with van der Waals surface area (Å²) in [6, 6.07) is 1.64. The number of carbonyl (C=O) groups excluding carboxylic acids is 1. The number of aryl methyl sites for hydroxylation is 1. The number of rotatable bonds is 6. The number of methoxy groups -OCH3 is 1. The molecule has 0 aromatic carbocycles. The molecule has 0 fully saturated rings. The van der Waals surface area contributed by atoms with Crippen molar-refractivity contribution >= 4 is 17.7 Å². The van der Waals surface area contributed by atoms with Crippen molar-refractivity contribution in [2.75, 3.05) is 19.5 Å². The molecule has 96 valence electrons. The summed E-state index contributed by atoms with van der Waals surface area (Å²) in [6.45, 7) is 1.45. The Kier molecular flexibility index (Phi) is 5.54. The molecule has 1 rings (SSSR count). The van der Waals surface area contributed by atoms with Gasteiger partial charge < -0.3 is 19.4 Å². The molecule has 0 aliphatic rings. The number of carbonyl (C=O) groups is 1. The van der Waals surface area contributed by atoms with Gasteiger partial charge >= 0.3 is 5.97 Å². The predicted octanol–water partition coefficient (Wildman–Crippen LogP) is 0.961. The molecule has 1 atom stereocenters. The average molecular weight is 260 g/mol. The molecule has 17 heavy (non-hydrogen) atoms. The number of aliphatic hydroxyl groups excluding tert-OH is 2. The number of aliphatic hydroxyl groups is 2. The van der Waals surface area contributed by atoms with E-state index in [1.54, 1.807) is 13.0 Å². The Morgan fingerprint density at radius 1 is 1.65 bits per heavy atom. The summed E-state index contributed by atoms with van der Waals surface area (Å²) in [4.78, 5) is 11.3. The topological polar surface area (TPSA) is 79.9 Å². The standard InChI is InChI=1S/C11H16O5S/c1-7-10(11(14)15-2)3-9(16-7)6-17-5-8(13)4-12/h3,8,12-13H,4-6H2,1-2H3. The second kappa shape index (κ2) is 6.68. The Balaban J connectivity index is 2.53. The zero-order valence-electron chi connectivity index (χ0n) is 9.80. The summed E-state index contributed by atoms with van der Waals surface area (Å²) in [7, 11) is 1.32. The van der Waals surface area contributed by atoms with Gasteiger partial charge in [-0.2, -0.15) is 11.8 Å². The van der Waals surface area contributed by atoms with Gasteiger partial charge in [0.05, 0.1) is 25.6 Å². The van der Waals surface area contributed by atoms with E-state index < -0.39 is 12.1 Å². The quantitative estimate of drug-likeness (QED) is 0.742. The number of thioether (sulfide) groups is 1. The highest BCUT2D eigenvalue weighted by molar-refractivity contribution is 7.98. The van der Waals surface area contributed by atoms with Gasteiger partial charge in [-0.05, 0) is 13.0 Å². The molecule has 1 unspecified atom stereocenters. The summed E-state index contributed by atoms with van der Waals surface area (Å²) in [5.41, 5.74) is 0.422. The van der Waals surface area contributed by atoms with Crippen LogP contribution < -0.4 is 0 Å². The van der Waals surface area contributed by atoms with Crippen LogP contribution in [0, 0.1) is 6.92 Å². The number of hydrogen-bond donors (Lipinski definition) is 2. The maximum Gasteiger partial charge on any atom is 0.341 e. The van der Waals surface area contributed by atoms with Crippen LogP contribution in [0.25, 0.3) is 0 Å². The first-order chi connectivity index (χ1) is 8.08. The summed E-state index contributed by atoms with van der Waals surface area (Å²) in [5, 5.41) is 17.8. The highest BCUT2D eigenvalue weighted by atomic mass is 32.2. The van der Waals surface area contributed by atoms with Crippen molar-refractivity contribution in [3.8, 4) is 0 Å². The Morgan fingerprint density at radius 2 is 2.35 bits per heavy atom. The molecule has 0 bridgehead atoms. The summed E-state index contributed by atoms with van der Waals surface area (Å²) < 4.78 is 10.00. The van der Waals surface area contributed by atoms with Crippen LogP contribution in [0.1, 0.15) is 21.9 Å². The highest BCUT2D eigenvalue weighted by Crippen LogP contribution is 2.20. The van der Waals surface area contributed by atoms with Gasteiger partial charge in [0.1, 0.15) is 17.1 Å². The molecule has 2 N–H and O–H groups in total. The monoisotopic (exact) mass is 260 g/mol. The van der Waals surface area contributed by atoms with Gasteiger partial charge in [-0.1, -0.05) is 0 Å². The van der Waals surface area contributed by atoms with Gasteiger partial charge in [-0.3, -0.25) is 0 Å². The maximum absolute atomic E-state index is 11.3. The van der Waals surface area contributed by atoms with Crippen LogP contribution in [0.2, 0.25) is 0 Å². The van der Waals surface area contributed by atoms with Crippen LogP contribution in [0.5, 0.6) is 0 Å². The maximum atomic E-state index is 11.3. The lowest BCUT2D eigenvalue weighted by molar-refractivity contribution is 0.0599. The predicted molar refractivity (Wildman–Crippen MR) is 64.0 cm³/mol. The van der Waals surface area contributed by atoms with Crippen LogP contribution >= 0.6 is 11.8 Å². The fraction of sp³-hybridized carbons (Fsp3) is 0.545. The number of hydrogen-bond acceptors (Lipinski definition) is 6. The van der Waals surface area contributed by atoms with Crippen molar-refractivity contribution in [2.45, 2.75) is 18.8 Å². The summed E-state index contributed by atoms with van der Waals surface area (Å²) in [5.74, 6) is 1.71. The van der Waals surface area contributed by atoms with Crippen molar-refractivity contribution in [3.05, 3.63) is 23.2 Å². The molecule has 0 aliphatic heterocycles. The van der Waals surface area contributed by atoms with Crippen LogP contribution in [0.15, 0.2) is 10.5 Å². The largest absolute Gasteiger partial charge is 0.465 e. The lowest BCUT2D eigenvalue weighted by Gasteiger charge is -2.04. The van der Waals surface area contributed by atoms with E-state index in [-0.39, 0.29) is 6.61 Å². The summed E-state index contributed by atoms with van der Waals surface area (Å²) in [6.07, 6.45) is -0.726. The van der Waals surface area contributed by atoms with Crippen molar-refractivity contribution in [2.24, 2.45) is 0 Å². The third-order valence-corrected chi connectivity index (χ3v) is 3.25. The van der Waals surface area contributed by atoms with Crippen molar-refractivity contribution in [1.29, 1.82) is 0 Å². The third kappa shape index (κ3) is 4.07. The fourth-order valence-electron chi connectivity index (χ4n) is 1.28. The first kappa shape index (κ1) is 14.1. The van der Waals surface area contributed by atoms with Crippen LogP contribution in [-0.2, 0) is 10.5 Å². The average Bonchev–Trinajstić information content (AvgIpc) is 2.69. The molecule has 0 saturated heterocycles. The molecule has 0 spiro atoms. The lowest BCUT2D eigenvalue weighted by atomic mass is 10.2. The number of esters is 1. The number of furan rings is 1. The third-order valence-electron chi connectivity index (χ3n) is 2.14. The minimum atomic E-state index is -0.726. The van der Waals surface area contributed by atoms with Crippen molar-refractivity contribution in [1.82, 2.24) is 0 Å². The first-order valence-corrected chi connectivity index (χ1v) is 6.28. The Hall–Kier alpha value is -0.980. The minimum Gasteiger partial charge on any atom is -0.465 e. The zero-order valence-corrected chi connectivity index (χ0v) is 10.6. The molecule has 0 radical (unpaired) electrons. The number of ether oxygens (including phenoxy) is 1. The van der Waals surface area contributed by atoms with E-state index in [2.05, 4.69) is 4.74 Å². The van der Waals surface area contributed by atoms with Gasteiger partial charge in [0.2, 0.25) is 0 Å². The van der Waals surface area contributed by atoms with E-state index in [4.69, 9.17) is 14.6 Å². The molecule has 1 aromatic rings. The molecule has 0 aliphatic carbocycles. The van der Waals surface area contributed by atoms with Crippen molar-refractivity contribution < 1.29 is 24.2 Å². The second-order valence-electron chi connectivity index (χ2n) is 3.53. The molecule has 1 aromatic heterocycles. The fourth-order valence-corrected chi connectivity index (χ4v) is 2.11. The van der Waals surface area contributed by atoms with Gasteiger partial charge in [0.25, 0.3) is 0 Å². The van der Waals surface area contributed by atoms with Crippen molar-refractivity contribution in [3.63, 3.8) is 0 Å². The highest BCUT2D eigenvalue weighted by Gasteiger charge is 2.15. The molecular weight excluding hydrogens is 244 g/mol. The van der Waals surface area contributed by atoms with E-state index >= 15 is 0 Å². The SMILES string of the molecule is COC(=O)c1cc(CSCC(O)CO)oc1C. The molecule has 6 heteroatoms. The molecule has 5 nitrogen and oxygen atoms in total. The van der Waals surface area contributed by atoms with Gasteiger partial charge in [0, 0.05) is 5.75 Å². The molecular formula is C11H16O5S. The van der Waals surface area contributed by atoms with Crippen LogP contribution in [0.3, 0.4) is 0 Å². The lowest BCUT2D eigenvalue weighted by Crippen LogP contribution is -2.14. The zero-order chi connectivity index (χ0) is 12.8. The van der Waals surface area contributed by atoms with Crippen LogP contribution in [0.4, 0.5) is 0 Å².